The Labute approximate surface area is 196 Å². The van der Waals surface area contributed by atoms with E-state index in [1.807, 2.05) is 18.2 Å². The van der Waals surface area contributed by atoms with Gasteiger partial charge in [0.15, 0.2) is 0 Å². The fraction of sp³-hybridized carbons (Fsp3) is 0.208. The molecule has 8 heteroatoms. The lowest BCUT2D eigenvalue weighted by atomic mass is 9.97. The predicted octanol–water partition coefficient (Wildman–Crippen LogP) is 4.49. The first-order valence-electron chi connectivity index (χ1n) is 10.4. The third kappa shape index (κ3) is 3.73. The Morgan fingerprint density at radius 2 is 1.72 bits per heavy atom. The van der Waals surface area contributed by atoms with Gasteiger partial charge in [0.1, 0.15) is 11.4 Å². The number of carbonyl (C=O) groups excluding carboxylic acids is 1. The van der Waals surface area contributed by atoms with E-state index in [1.54, 1.807) is 36.4 Å². The number of amides is 1. The maximum Gasteiger partial charge on any atom is 0.337 e. The second-order valence-corrected chi connectivity index (χ2v) is 9.79. The molecule has 0 fully saturated rings. The maximum absolute atomic E-state index is 13.5. The van der Waals surface area contributed by atoms with Crippen LogP contribution in [0.2, 0.25) is 0 Å². The summed E-state index contributed by atoms with van der Waals surface area (Å²) >= 11 is 4.85. The molecule has 0 saturated carbocycles. The molecule has 0 atom stereocenters. The summed E-state index contributed by atoms with van der Waals surface area (Å²) in [6.07, 6.45) is 3.81. The Kier molecular flexibility index (Phi) is 5.57. The van der Waals surface area contributed by atoms with E-state index in [4.69, 9.17) is 0 Å². The van der Waals surface area contributed by atoms with Crippen molar-refractivity contribution in [2.24, 2.45) is 0 Å². The number of hydrogen-bond acceptors (Lipinski definition) is 4. The van der Waals surface area contributed by atoms with E-state index in [2.05, 4.69) is 21.2 Å². The topological polar surface area (TPSA) is 73.1 Å². The zero-order chi connectivity index (χ0) is 22.2. The number of halogens is 1. The number of hydrogen-bond donors (Lipinski definition) is 1. The minimum absolute atomic E-state index is 0.169. The van der Waals surface area contributed by atoms with Crippen molar-refractivity contribution < 1.29 is 4.79 Å². The lowest BCUT2D eigenvalue weighted by Crippen LogP contribution is -2.40. The normalized spacial score (nSPS) is 13.2. The highest BCUT2D eigenvalue weighted by Gasteiger charge is 2.25. The highest BCUT2D eigenvalue weighted by molar-refractivity contribution is 9.10. The van der Waals surface area contributed by atoms with Crippen LogP contribution in [0.1, 0.15) is 23.3 Å². The number of fused-ring (bicyclic) bond motifs is 3. The van der Waals surface area contributed by atoms with Gasteiger partial charge in [-0.25, -0.2) is 9.36 Å². The van der Waals surface area contributed by atoms with Gasteiger partial charge in [-0.2, -0.15) is 0 Å². The average molecular weight is 510 g/mol. The van der Waals surface area contributed by atoms with E-state index in [1.165, 1.54) is 20.5 Å². The number of anilines is 1. The van der Waals surface area contributed by atoms with Crippen molar-refractivity contribution in [2.75, 3.05) is 5.32 Å². The molecule has 1 aliphatic rings. The number of thiophene rings is 1. The first-order valence-corrected chi connectivity index (χ1v) is 12.0. The van der Waals surface area contributed by atoms with Gasteiger partial charge in [-0.3, -0.25) is 14.2 Å². The molecule has 1 aliphatic carbocycles. The summed E-state index contributed by atoms with van der Waals surface area (Å²) in [6.45, 7) is -0.169. The number of benzene rings is 2. The number of nitrogens with one attached hydrogen (secondary N) is 1. The van der Waals surface area contributed by atoms with Gasteiger partial charge in [0, 0.05) is 15.0 Å². The Balaban J connectivity index is 1.66. The van der Waals surface area contributed by atoms with Gasteiger partial charge in [0.2, 0.25) is 5.91 Å². The molecule has 2 aromatic carbocycles. The minimum atomic E-state index is -0.502. The van der Waals surface area contributed by atoms with Gasteiger partial charge in [-0.1, -0.05) is 34.1 Å². The van der Waals surface area contributed by atoms with Crippen LogP contribution in [0.15, 0.2) is 68.7 Å². The lowest BCUT2D eigenvalue weighted by Gasteiger charge is -2.13. The van der Waals surface area contributed by atoms with Crippen LogP contribution in [0.25, 0.3) is 15.9 Å². The third-order valence-corrected chi connectivity index (χ3v) is 7.52. The average Bonchev–Trinajstić information content (AvgIpc) is 3.19. The van der Waals surface area contributed by atoms with E-state index >= 15 is 0 Å². The molecule has 2 heterocycles. The zero-order valence-corrected chi connectivity index (χ0v) is 19.5. The zero-order valence-electron chi connectivity index (χ0n) is 17.1. The number of nitrogens with zero attached hydrogens (tertiary/aromatic N) is 2. The second-order valence-electron chi connectivity index (χ2n) is 7.79. The van der Waals surface area contributed by atoms with Crippen LogP contribution < -0.4 is 16.6 Å². The predicted molar refractivity (Wildman–Crippen MR) is 131 cm³/mol. The molecule has 1 N–H and O–H groups in total. The standard InChI is InChI=1S/C24H20BrN3O3S/c25-15-10-12-16(13-11-15)26-20(29)14-27-23-21(18-8-4-5-9-19(18)32-23)22(30)28(24(27)31)17-6-2-1-3-7-17/h1-3,6-7,10-13H,4-5,8-9,14H2,(H,26,29). The summed E-state index contributed by atoms with van der Waals surface area (Å²) in [4.78, 5) is 41.6. The first-order chi connectivity index (χ1) is 15.5. The highest BCUT2D eigenvalue weighted by Crippen LogP contribution is 2.34. The number of rotatable bonds is 4. The molecule has 0 aliphatic heterocycles. The van der Waals surface area contributed by atoms with E-state index in [9.17, 15) is 14.4 Å². The molecular weight excluding hydrogens is 490 g/mol. The number of aromatic nitrogens is 2. The summed E-state index contributed by atoms with van der Waals surface area (Å²) in [5.41, 5.74) is 1.37. The van der Waals surface area contributed by atoms with Crippen molar-refractivity contribution in [1.29, 1.82) is 0 Å². The first kappa shape index (κ1) is 20.9. The molecule has 0 radical (unpaired) electrons. The van der Waals surface area contributed by atoms with Crippen LogP contribution in [0.5, 0.6) is 0 Å². The summed E-state index contributed by atoms with van der Waals surface area (Å²) in [5, 5.41) is 3.42. The van der Waals surface area contributed by atoms with Gasteiger partial charge in [0.05, 0.1) is 11.1 Å². The number of para-hydroxylation sites is 1. The van der Waals surface area contributed by atoms with Gasteiger partial charge in [-0.15, -0.1) is 11.3 Å². The number of carbonyl (C=O) groups is 1. The molecule has 32 heavy (non-hydrogen) atoms. The molecule has 5 rings (SSSR count). The molecule has 0 unspecified atom stereocenters. The monoisotopic (exact) mass is 509 g/mol. The van der Waals surface area contributed by atoms with Crippen molar-refractivity contribution in [3.8, 4) is 5.69 Å². The quantitative estimate of drug-likeness (QED) is 0.440. The van der Waals surface area contributed by atoms with Crippen molar-refractivity contribution in [1.82, 2.24) is 9.13 Å². The Morgan fingerprint density at radius 1 is 1.00 bits per heavy atom. The smallest absolute Gasteiger partial charge is 0.325 e. The van der Waals surface area contributed by atoms with Crippen molar-refractivity contribution >= 4 is 49.1 Å². The Hall–Kier alpha value is -2.97. The van der Waals surface area contributed by atoms with Crippen LogP contribution in [0, 0.1) is 0 Å². The van der Waals surface area contributed by atoms with Crippen LogP contribution in [0.4, 0.5) is 5.69 Å². The van der Waals surface area contributed by atoms with E-state index < -0.39 is 5.69 Å². The van der Waals surface area contributed by atoms with Gasteiger partial charge in [-0.05, 0) is 67.6 Å². The summed E-state index contributed by atoms with van der Waals surface area (Å²) in [5.74, 6) is -0.319. The lowest BCUT2D eigenvalue weighted by molar-refractivity contribution is -0.116. The van der Waals surface area contributed by atoms with Crippen molar-refractivity contribution in [3.05, 3.63) is 90.3 Å². The molecule has 0 bridgehead atoms. The second kappa shape index (κ2) is 8.52. The molecule has 162 valence electrons. The van der Waals surface area contributed by atoms with Crippen LogP contribution in [-0.2, 0) is 24.2 Å². The van der Waals surface area contributed by atoms with Gasteiger partial charge in [0.25, 0.3) is 5.56 Å². The van der Waals surface area contributed by atoms with E-state index in [0.717, 1.165) is 40.6 Å². The molecular formula is C24H20BrN3O3S. The van der Waals surface area contributed by atoms with E-state index in [0.29, 0.717) is 21.6 Å². The SMILES string of the molecule is O=C(Cn1c(=O)n(-c2ccccc2)c(=O)c2c3c(sc21)CCCC3)Nc1ccc(Br)cc1. The molecule has 2 aromatic heterocycles. The summed E-state index contributed by atoms with van der Waals surface area (Å²) in [6, 6.07) is 16.1. The molecule has 0 saturated heterocycles. The summed E-state index contributed by atoms with van der Waals surface area (Å²) < 4.78 is 3.55. The van der Waals surface area contributed by atoms with Crippen LogP contribution in [0.3, 0.4) is 0 Å². The molecule has 6 nitrogen and oxygen atoms in total. The Morgan fingerprint density at radius 3 is 2.47 bits per heavy atom. The molecule has 1 amide bonds. The van der Waals surface area contributed by atoms with Crippen LogP contribution >= 0.6 is 27.3 Å². The largest absolute Gasteiger partial charge is 0.337 e. The summed E-state index contributed by atoms with van der Waals surface area (Å²) in [7, 11) is 0. The Bertz CT molecular complexity index is 1440. The molecule has 4 aromatic rings. The molecule has 0 spiro atoms. The highest BCUT2D eigenvalue weighted by atomic mass is 79.9. The minimum Gasteiger partial charge on any atom is -0.325 e. The third-order valence-electron chi connectivity index (χ3n) is 5.68. The van der Waals surface area contributed by atoms with Crippen LogP contribution in [-0.4, -0.2) is 15.0 Å². The van der Waals surface area contributed by atoms with Gasteiger partial charge >= 0.3 is 5.69 Å². The van der Waals surface area contributed by atoms with Crippen molar-refractivity contribution in [3.63, 3.8) is 0 Å². The van der Waals surface area contributed by atoms with Gasteiger partial charge < -0.3 is 5.32 Å². The number of aryl methyl sites for hydroxylation is 2. The van der Waals surface area contributed by atoms with E-state index in [-0.39, 0.29) is 18.0 Å². The van der Waals surface area contributed by atoms with Crippen molar-refractivity contribution in [2.45, 2.75) is 32.2 Å². The maximum atomic E-state index is 13.5. The fourth-order valence-electron chi connectivity index (χ4n) is 4.19. The fourth-order valence-corrected chi connectivity index (χ4v) is 5.83.